The molecule has 0 saturated carbocycles. The average molecular weight is 360 g/mol. The number of alkyl halides is 3. The predicted molar refractivity (Wildman–Crippen MR) is 79.9 cm³/mol. The van der Waals surface area contributed by atoms with Gasteiger partial charge in [0.25, 0.3) is 0 Å². The molecule has 0 aliphatic heterocycles. The summed E-state index contributed by atoms with van der Waals surface area (Å²) in [6.45, 7) is 0. The number of aromatic nitrogens is 4. The van der Waals surface area contributed by atoms with Crippen LogP contribution in [0, 0.1) is 0 Å². The fourth-order valence-corrected chi connectivity index (χ4v) is 2.23. The summed E-state index contributed by atoms with van der Waals surface area (Å²) in [6, 6.07) is 4.65. The van der Waals surface area contributed by atoms with Crippen LogP contribution in [0.15, 0.2) is 30.6 Å². The molecule has 0 bridgehead atoms. The van der Waals surface area contributed by atoms with Crippen molar-refractivity contribution in [2.45, 2.75) is 6.18 Å². The van der Waals surface area contributed by atoms with E-state index in [1.165, 1.54) is 18.5 Å². The first-order valence-electron chi connectivity index (χ1n) is 6.12. The van der Waals surface area contributed by atoms with Crippen molar-refractivity contribution in [1.29, 1.82) is 0 Å². The van der Waals surface area contributed by atoms with E-state index in [2.05, 4.69) is 25.3 Å². The monoisotopic (exact) mass is 359 g/mol. The zero-order valence-electron chi connectivity index (χ0n) is 11.1. The Labute approximate surface area is 137 Å². The molecule has 2 aromatic heterocycles. The van der Waals surface area contributed by atoms with Gasteiger partial charge in [0.15, 0.2) is 11.0 Å². The molecular weight excluding hydrogens is 354 g/mol. The number of hydrogen-bond donors (Lipinski definition) is 1. The standard InChI is InChI=1S/C13H6Cl2F3N5/c14-10-8-9(19-5-20-10)11(23-12(15)22-8)21-7-3-1-2-6(4-7)13(16,17)18/h1-5H,(H,21,22,23). The van der Waals surface area contributed by atoms with E-state index in [0.29, 0.717) is 0 Å². The molecule has 3 rings (SSSR count). The smallest absolute Gasteiger partial charge is 0.338 e. The van der Waals surface area contributed by atoms with Crippen LogP contribution in [0.5, 0.6) is 0 Å². The van der Waals surface area contributed by atoms with Gasteiger partial charge in [-0.3, -0.25) is 0 Å². The molecule has 10 heteroatoms. The van der Waals surface area contributed by atoms with Crippen molar-refractivity contribution >= 4 is 45.7 Å². The number of nitrogens with zero attached hydrogens (tertiary/aromatic N) is 4. The van der Waals surface area contributed by atoms with Crippen molar-refractivity contribution in [1.82, 2.24) is 19.9 Å². The fraction of sp³-hybridized carbons (Fsp3) is 0.0769. The number of nitrogens with one attached hydrogen (secondary N) is 1. The molecule has 23 heavy (non-hydrogen) atoms. The zero-order chi connectivity index (χ0) is 16.6. The summed E-state index contributed by atoms with van der Waals surface area (Å²) < 4.78 is 38.3. The normalized spacial score (nSPS) is 11.7. The summed E-state index contributed by atoms with van der Waals surface area (Å²) in [7, 11) is 0. The molecule has 0 spiro atoms. The Bertz CT molecular complexity index is 885. The molecule has 0 atom stereocenters. The number of benzene rings is 1. The van der Waals surface area contributed by atoms with E-state index in [4.69, 9.17) is 23.2 Å². The minimum Gasteiger partial charge on any atom is -0.338 e. The Hall–Kier alpha value is -2.19. The molecule has 5 nitrogen and oxygen atoms in total. The van der Waals surface area contributed by atoms with Gasteiger partial charge >= 0.3 is 6.18 Å². The molecule has 3 aromatic rings. The Morgan fingerprint density at radius 2 is 1.78 bits per heavy atom. The average Bonchev–Trinajstić information content (AvgIpc) is 2.48. The highest BCUT2D eigenvalue weighted by atomic mass is 35.5. The van der Waals surface area contributed by atoms with Crippen LogP contribution in [-0.2, 0) is 6.18 Å². The van der Waals surface area contributed by atoms with E-state index in [9.17, 15) is 13.2 Å². The first-order chi connectivity index (χ1) is 10.8. The number of rotatable bonds is 2. The van der Waals surface area contributed by atoms with Gasteiger partial charge in [-0.1, -0.05) is 17.7 Å². The quantitative estimate of drug-likeness (QED) is 0.539. The molecule has 0 aliphatic carbocycles. The van der Waals surface area contributed by atoms with Crippen molar-refractivity contribution < 1.29 is 13.2 Å². The molecule has 1 N–H and O–H groups in total. The van der Waals surface area contributed by atoms with Crippen LogP contribution >= 0.6 is 23.2 Å². The highest BCUT2D eigenvalue weighted by molar-refractivity contribution is 6.34. The highest BCUT2D eigenvalue weighted by Gasteiger charge is 2.30. The number of anilines is 2. The van der Waals surface area contributed by atoms with Crippen molar-refractivity contribution in [3.63, 3.8) is 0 Å². The maximum Gasteiger partial charge on any atom is 0.416 e. The van der Waals surface area contributed by atoms with Crippen LogP contribution in [-0.4, -0.2) is 19.9 Å². The van der Waals surface area contributed by atoms with Crippen LogP contribution in [0.2, 0.25) is 10.4 Å². The third-order valence-electron chi connectivity index (χ3n) is 2.86. The summed E-state index contributed by atoms with van der Waals surface area (Å²) in [6.07, 6.45) is -3.26. The number of hydrogen-bond acceptors (Lipinski definition) is 5. The lowest BCUT2D eigenvalue weighted by Crippen LogP contribution is -2.06. The molecule has 0 unspecified atom stereocenters. The maximum absolute atomic E-state index is 12.8. The third kappa shape index (κ3) is 3.27. The minimum absolute atomic E-state index is 0.0615. The summed E-state index contributed by atoms with van der Waals surface area (Å²) in [5, 5.41) is 2.67. The number of fused-ring (bicyclic) bond motifs is 1. The van der Waals surface area contributed by atoms with Crippen molar-refractivity contribution in [3.8, 4) is 0 Å². The van der Waals surface area contributed by atoms with Crippen molar-refractivity contribution in [2.24, 2.45) is 0 Å². The van der Waals surface area contributed by atoms with Crippen molar-refractivity contribution in [3.05, 3.63) is 46.6 Å². The van der Waals surface area contributed by atoms with Gasteiger partial charge in [0.05, 0.1) is 5.56 Å². The maximum atomic E-state index is 12.8. The summed E-state index contributed by atoms with van der Waals surface area (Å²) in [5.41, 5.74) is -0.180. The lowest BCUT2D eigenvalue weighted by Gasteiger charge is -2.11. The van der Waals surface area contributed by atoms with Gasteiger partial charge in [-0.2, -0.15) is 18.2 Å². The zero-order valence-corrected chi connectivity index (χ0v) is 12.6. The van der Waals surface area contributed by atoms with E-state index < -0.39 is 11.7 Å². The molecule has 0 fully saturated rings. The van der Waals surface area contributed by atoms with E-state index in [1.54, 1.807) is 0 Å². The Morgan fingerprint density at radius 3 is 2.52 bits per heavy atom. The number of halogens is 5. The summed E-state index contributed by atoms with van der Waals surface area (Å²) in [4.78, 5) is 15.6. The van der Waals surface area contributed by atoms with Crippen LogP contribution in [0.25, 0.3) is 11.0 Å². The van der Waals surface area contributed by atoms with Gasteiger partial charge in [-0.05, 0) is 29.8 Å². The fourth-order valence-electron chi connectivity index (χ4n) is 1.89. The lowest BCUT2D eigenvalue weighted by molar-refractivity contribution is -0.137. The Balaban J connectivity index is 2.07. The Morgan fingerprint density at radius 1 is 1.00 bits per heavy atom. The van der Waals surface area contributed by atoms with E-state index in [-0.39, 0.29) is 33.0 Å². The lowest BCUT2D eigenvalue weighted by atomic mass is 10.2. The molecule has 118 valence electrons. The second kappa shape index (κ2) is 5.78. The van der Waals surface area contributed by atoms with Gasteiger partial charge in [0, 0.05) is 5.69 Å². The van der Waals surface area contributed by atoms with E-state index >= 15 is 0 Å². The molecule has 0 saturated heterocycles. The second-order valence-corrected chi connectivity index (χ2v) is 5.10. The molecule has 0 radical (unpaired) electrons. The highest BCUT2D eigenvalue weighted by Crippen LogP contribution is 2.32. The second-order valence-electron chi connectivity index (χ2n) is 4.41. The van der Waals surface area contributed by atoms with Crippen LogP contribution in [0.4, 0.5) is 24.7 Å². The van der Waals surface area contributed by atoms with Crippen LogP contribution < -0.4 is 5.32 Å². The van der Waals surface area contributed by atoms with E-state index in [1.807, 2.05) is 0 Å². The molecule has 2 heterocycles. The van der Waals surface area contributed by atoms with Crippen LogP contribution in [0.3, 0.4) is 0 Å². The summed E-state index contributed by atoms with van der Waals surface area (Å²) >= 11 is 11.7. The third-order valence-corrected chi connectivity index (χ3v) is 3.31. The van der Waals surface area contributed by atoms with Crippen molar-refractivity contribution in [2.75, 3.05) is 5.32 Å². The van der Waals surface area contributed by atoms with E-state index in [0.717, 1.165) is 12.1 Å². The topological polar surface area (TPSA) is 63.6 Å². The Kier molecular flexibility index (Phi) is 3.95. The SMILES string of the molecule is FC(F)(F)c1cccc(Nc2nc(Cl)nc3c(Cl)ncnc23)c1. The molecule has 0 aliphatic rings. The van der Waals surface area contributed by atoms with Gasteiger partial charge in [0.2, 0.25) is 5.28 Å². The first-order valence-corrected chi connectivity index (χ1v) is 6.88. The largest absolute Gasteiger partial charge is 0.416 e. The minimum atomic E-state index is -4.45. The molecular formula is C13H6Cl2F3N5. The van der Waals surface area contributed by atoms with Gasteiger partial charge in [0.1, 0.15) is 17.4 Å². The van der Waals surface area contributed by atoms with Gasteiger partial charge in [-0.15, -0.1) is 0 Å². The van der Waals surface area contributed by atoms with Crippen LogP contribution in [0.1, 0.15) is 5.56 Å². The molecule has 1 aromatic carbocycles. The predicted octanol–water partition coefficient (Wildman–Crippen LogP) is 4.49. The first kappa shape index (κ1) is 15.7. The summed E-state index contributed by atoms with van der Waals surface area (Å²) in [5.74, 6) is 0.128. The van der Waals surface area contributed by atoms with Gasteiger partial charge in [-0.25, -0.2) is 15.0 Å². The van der Waals surface area contributed by atoms with Gasteiger partial charge < -0.3 is 5.32 Å². The molecule has 0 amide bonds.